The zero-order valence-electron chi connectivity index (χ0n) is 11.7. The first-order chi connectivity index (χ1) is 8.63. The standard InChI is InChI=1S/C14H27N3O/c1-11(2)8-17(9-13-4-3-7-15-13)10-14(18)16-12-5-6-12/h11-13,15H,3-10H2,1-2H3,(H,16,18). The maximum atomic E-state index is 11.9. The van der Waals surface area contributed by atoms with Gasteiger partial charge in [0.25, 0.3) is 0 Å². The SMILES string of the molecule is CC(C)CN(CC(=O)NC1CC1)CC1CCCN1. The van der Waals surface area contributed by atoms with Gasteiger partial charge in [-0.15, -0.1) is 0 Å². The van der Waals surface area contributed by atoms with Gasteiger partial charge in [-0.1, -0.05) is 13.8 Å². The lowest BCUT2D eigenvalue weighted by atomic mass is 10.1. The van der Waals surface area contributed by atoms with Crippen molar-refractivity contribution in [1.29, 1.82) is 0 Å². The Morgan fingerprint density at radius 1 is 1.39 bits per heavy atom. The fourth-order valence-corrected chi connectivity index (χ4v) is 2.65. The van der Waals surface area contributed by atoms with E-state index in [1.807, 2.05) is 0 Å². The van der Waals surface area contributed by atoms with Crippen LogP contribution in [-0.2, 0) is 4.79 Å². The van der Waals surface area contributed by atoms with Crippen molar-refractivity contribution in [3.05, 3.63) is 0 Å². The van der Waals surface area contributed by atoms with Crippen LogP contribution in [0.5, 0.6) is 0 Å². The van der Waals surface area contributed by atoms with Gasteiger partial charge in [0, 0.05) is 25.2 Å². The highest BCUT2D eigenvalue weighted by Crippen LogP contribution is 2.18. The number of rotatable bonds is 7. The van der Waals surface area contributed by atoms with Crippen LogP contribution >= 0.6 is 0 Å². The molecule has 1 aliphatic heterocycles. The number of hydrogen-bond acceptors (Lipinski definition) is 3. The van der Waals surface area contributed by atoms with Crippen molar-refractivity contribution in [2.24, 2.45) is 5.92 Å². The number of carbonyl (C=O) groups excluding carboxylic acids is 1. The van der Waals surface area contributed by atoms with Crippen molar-refractivity contribution in [1.82, 2.24) is 15.5 Å². The second kappa shape index (κ2) is 6.53. The predicted molar refractivity (Wildman–Crippen MR) is 73.5 cm³/mol. The zero-order chi connectivity index (χ0) is 13.0. The lowest BCUT2D eigenvalue weighted by Gasteiger charge is -2.26. The molecule has 4 heteroatoms. The molecule has 1 saturated heterocycles. The molecule has 2 fully saturated rings. The molecule has 1 unspecified atom stereocenters. The molecule has 2 N–H and O–H groups in total. The summed E-state index contributed by atoms with van der Waals surface area (Å²) in [7, 11) is 0. The zero-order valence-corrected chi connectivity index (χ0v) is 11.7. The molecule has 1 atom stereocenters. The van der Waals surface area contributed by atoms with Crippen LogP contribution in [0.2, 0.25) is 0 Å². The number of nitrogens with one attached hydrogen (secondary N) is 2. The second-order valence-electron chi connectivity index (χ2n) is 6.22. The van der Waals surface area contributed by atoms with Gasteiger partial charge >= 0.3 is 0 Å². The van der Waals surface area contributed by atoms with Crippen LogP contribution in [-0.4, -0.2) is 49.1 Å². The van der Waals surface area contributed by atoms with Crippen LogP contribution in [0.1, 0.15) is 39.5 Å². The average Bonchev–Trinajstić information content (AvgIpc) is 2.92. The van der Waals surface area contributed by atoms with E-state index in [2.05, 4.69) is 29.4 Å². The van der Waals surface area contributed by atoms with Crippen molar-refractivity contribution in [2.45, 2.75) is 51.6 Å². The van der Waals surface area contributed by atoms with Crippen LogP contribution in [0.15, 0.2) is 0 Å². The molecule has 4 nitrogen and oxygen atoms in total. The summed E-state index contributed by atoms with van der Waals surface area (Å²) >= 11 is 0. The summed E-state index contributed by atoms with van der Waals surface area (Å²) in [6, 6.07) is 1.06. The lowest BCUT2D eigenvalue weighted by molar-refractivity contribution is -0.122. The first-order valence-corrected chi connectivity index (χ1v) is 7.38. The Morgan fingerprint density at radius 3 is 2.72 bits per heavy atom. The summed E-state index contributed by atoms with van der Waals surface area (Å²) in [5, 5.41) is 6.59. The van der Waals surface area contributed by atoms with Gasteiger partial charge in [0.15, 0.2) is 0 Å². The van der Waals surface area contributed by atoms with Crippen molar-refractivity contribution in [2.75, 3.05) is 26.2 Å². The largest absolute Gasteiger partial charge is 0.352 e. The van der Waals surface area contributed by atoms with E-state index < -0.39 is 0 Å². The highest BCUT2D eigenvalue weighted by atomic mass is 16.2. The normalized spacial score (nSPS) is 23.9. The van der Waals surface area contributed by atoms with Gasteiger partial charge in [-0.2, -0.15) is 0 Å². The summed E-state index contributed by atoms with van der Waals surface area (Å²) in [5.74, 6) is 0.816. The molecular weight excluding hydrogens is 226 g/mol. The van der Waals surface area contributed by atoms with Crippen molar-refractivity contribution < 1.29 is 4.79 Å². The Bertz CT molecular complexity index is 270. The average molecular weight is 253 g/mol. The fourth-order valence-electron chi connectivity index (χ4n) is 2.65. The van der Waals surface area contributed by atoms with E-state index >= 15 is 0 Å². The lowest BCUT2D eigenvalue weighted by Crippen LogP contribution is -2.45. The van der Waals surface area contributed by atoms with E-state index in [-0.39, 0.29) is 5.91 Å². The van der Waals surface area contributed by atoms with Gasteiger partial charge in [0.05, 0.1) is 6.54 Å². The summed E-state index contributed by atoms with van der Waals surface area (Å²) in [5.41, 5.74) is 0. The quantitative estimate of drug-likeness (QED) is 0.711. The van der Waals surface area contributed by atoms with Gasteiger partial charge in [0.2, 0.25) is 5.91 Å². The van der Waals surface area contributed by atoms with Gasteiger partial charge in [0.1, 0.15) is 0 Å². The van der Waals surface area contributed by atoms with Crippen LogP contribution in [0, 0.1) is 5.92 Å². The number of amides is 1. The first kappa shape index (κ1) is 13.8. The summed E-state index contributed by atoms with van der Waals surface area (Å²) in [4.78, 5) is 14.2. The topological polar surface area (TPSA) is 44.4 Å². The Hall–Kier alpha value is -0.610. The molecular formula is C14H27N3O. The molecule has 18 heavy (non-hydrogen) atoms. The molecule has 2 aliphatic rings. The van der Waals surface area contributed by atoms with E-state index in [9.17, 15) is 4.79 Å². The smallest absolute Gasteiger partial charge is 0.234 e. The van der Waals surface area contributed by atoms with Crippen LogP contribution in [0.3, 0.4) is 0 Å². The molecule has 1 heterocycles. The minimum Gasteiger partial charge on any atom is -0.352 e. The van der Waals surface area contributed by atoms with Crippen molar-refractivity contribution >= 4 is 5.91 Å². The molecule has 0 radical (unpaired) electrons. The fraction of sp³-hybridized carbons (Fsp3) is 0.929. The van der Waals surface area contributed by atoms with Crippen LogP contribution in [0.25, 0.3) is 0 Å². The van der Waals surface area contributed by atoms with Gasteiger partial charge < -0.3 is 10.6 Å². The summed E-state index contributed by atoms with van der Waals surface area (Å²) in [6.07, 6.45) is 4.85. The molecule has 0 bridgehead atoms. The Balaban J connectivity index is 1.76. The van der Waals surface area contributed by atoms with Crippen molar-refractivity contribution in [3.63, 3.8) is 0 Å². The third kappa shape index (κ3) is 4.94. The van der Waals surface area contributed by atoms with E-state index in [1.54, 1.807) is 0 Å². The van der Waals surface area contributed by atoms with Crippen LogP contribution in [0.4, 0.5) is 0 Å². The van der Waals surface area contributed by atoms with Gasteiger partial charge in [-0.25, -0.2) is 0 Å². The molecule has 1 amide bonds. The Morgan fingerprint density at radius 2 is 2.17 bits per heavy atom. The minimum atomic E-state index is 0.205. The highest BCUT2D eigenvalue weighted by molar-refractivity contribution is 5.78. The van der Waals surface area contributed by atoms with Gasteiger partial charge in [-0.3, -0.25) is 9.69 Å². The van der Waals surface area contributed by atoms with E-state index in [4.69, 9.17) is 0 Å². The molecule has 1 saturated carbocycles. The number of nitrogens with zero attached hydrogens (tertiary/aromatic N) is 1. The maximum absolute atomic E-state index is 11.9. The molecule has 0 aromatic rings. The van der Waals surface area contributed by atoms with E-state index in [0.717, 1.165) is 19.6 Å². The van der Waals surface area contributed by atoms with E-state index in [1.165, 1.54) is 25.7 Å². The minimum absolute atomic E-state index is 0.205. The maximum Gasteiger partial charge on any atom is 0.234 e. The Labute approximate surface area is 110 Å². The Kier molecular flexibility index (Phi) is 5.01. The number of carbonyl (C=O) groups is 1. The third-order valence-corrected chi connectivity index (χ3v) is 3.57. The van der Waals surface area contributed by atoms with Gasteiger partial charge in [-0.05, 0) is 38.1 Å². The second-order valence-corrected chi connectivity index (χ2v) is 6.22. The first-order valence-electron chi connectivity index (χ1n) is 7.38. The molecule has 1 aliphatic carbocycles. The number of hydrogen-bond donors (Lipinski definition) is 2. The summed E-state index contributed by atoms with van der Waals surface area (Å²) in [6.45, 7) is 8.15. The van der Waals surface area contributed by atoms with E-state index in [0.29, 0.717) is 24.5 Å². The third-order valence-electron chi connectivity index (χ3n) is 3.57. The molecule has 104 valence electrons. The monoisotopic (exact) mass is 253 g/mol. The highest BCUT2D eigenvalue weighted by Gasteiger charge is 2.25. The molecule has 0 aromatic carbocycles. The molecule has 0 aromatic heterocycles. The molecule has 0 spiro atoms. The van der Waals surface area contributed by atoms with Crippen LogP contribution < -0.4 is 10.6 Å². The van der Waals surface area contributed by atoms with Crippen molar-refractivity contribution in [3.8, 4) is 0 Å². The molecule has 2 rings (SSSR count). The predicted octanol–water partition coefficient (Wildman–Crippen LogP) is 0.975. The summed E-state index contributed by atoms with van der Waals surface area (Å²) < 4.78 is 0.